The summed E-state index contributed by atoms with van der Waals surface area (Å²) in [5, 5.41) is 6.69. The predicted molar refractivity (Wildman–Crippen MR) is 123 cm³/mol. The zero-order valence-corrected chi connectivity index (χ0v) is 18.3. The molecule has 7 heteroatoms. The zero-order valence-electron chi connectivity index (χ0n) is 18.3. The van der Waals surface area contributed by atoms with Crippen LogP contribution >= 0.6 is 0 Å². The number of methoxy groups -OCH3 is 1. The van der Waals surface area contributed by atoms with Crippen LogP contribution < -0.4 is 20.3 Å². The van der Waals surface area contributed by atoms with Crippen molar-refractivity contribution in [3.05, 3.63) is 48.4 Å². The molecule has 0 saturated carbocycles. The molecule has 0 radical (unpaired) electrons. The number of hydrogen-bond acceptors (Lipinski definition) is 5. The summed E-state index contributed by atoms with van der Waals surface area (Å²) in [6, 6.07) is 12.3. The predicted octanol–water partition coefficient (Wildman–Crippen LogP) is 2.60. The number of piperazine rings is 1. The van der Waals surface area contributed by atoms with Gasteiger partial charge in [-0.15, -0.1) is 0 Å². The molecule has 1 saturated heterocycles. The topological polar surface area (TPSA) is 65.3 Å². The molecule has 1 aromatic heterocycles. The molecule has 2 heterocycles. The van der Waals surface area contributed by atoms with Gasteiger partial charge in [-0.2, -0.15) is 0 Å². The summed E-state index contributed by atoms with van der Waals surface area (Å²) >= 11 is 0. The number of benzene rings is 1. The molecule has 0 aliphatic carbocycles. The Kier molecular flexibility index (Phi) is 8.90. The summed E-state index contributed by atoms with van der Waals surface area (Å²) in [6.45, 7) is 9.99. The van der Waals surface area contributed by atoms with Crippen LogP contribution in [0.3, 0.4) is 0 Å². The Balaban J connectivity index is 1.33. The van der Waals surface area contributed by atoms with E-state index in [0.717, 1.165) is 82.7 Å². The minimum absolute atomic E-state index is 0.812. The molecule has 164 valence electrons. The van der Waals surface area contributed by atoms with Crippen LogP contribution in [0.5, 0.6) is 5.75 Å². The molecule has 0 unspecified atom stereocenters. The fraction of sp³-hybridized carbons (Fsp3) is 0.522. The highest BCUT2D eigenvalue weighted by Gasteiger charge is 2.16. The number of nitrogens with zero attached hydrogens (tertiary/aromatic N) is 3. The second-order valence-electron chi connectivity index (χ2n) is 7.40. The summed E-state index contributed by atoms with van der Waals surface area (Å²) in [4.78, 5) is 9.69. The molecule has 1 fully saturated rings. The van der Waals surface area contributed by atoms with E-state index in [0.29, 0.717) is 0 Å². The van der Waals surface area contributed by atoms with E-state index < -0.39 is 0 Å². The van der Waals surface area contributed by atoms with E-state index in [9.17, 15) is 0 Å². The number of nitrogens with one attached hydrogen (secondary N) is 2. The number of anilines is 1. The van der Waals surface area contributed by atoms with Crippen LogP contribution in [0, 0.1) is 0 Å². The summed E-state index contributed by atoms with van der Waals surface area (Å²) in [6.07, 6.45) is 3.64. The Labute approximate surface area is 180 Å². The van der Waals surface area contributed by atoms with Crippen LogP contribution in [0.15, 0.2) is 52.1 Å². The fourth-order valence-corrected chi connectivity index (χ4v) is 3.61. The van der Waals surface area contributed by atoms with Crippen LogP contribution in [0.4, 0.5) is 5.69 Å². The monoisotopic (exact) mass is 413 g/mol. The highest BCUT2D eigenvalue weighted by atomic mass is 16.5. The number of hydrogen-bond donors (Lipinski definition) is 2. The first-order valence-corrected chi connectivity index (χ1v) is 10.9. The van der Waals surface area contributed by atoms with E-state index in [1.807, 2.05) is 24.3 Å². The van der Waals surface area contributed by atoms with Crippen LogP contribution in [0.2, 0.25) is 0 Å². The van der Waals surface area contributed by atoms with Crippen molar-refractivity contribution in [3.8, 4) is 5.75 Å². The molecule has 0 spiro atoms. The standard InChI is InChI=1S/C23H35N5O2/c1-3-24-23(26-13-11-22-6-4-19-30-22)25-12-5-14-27-15-17-28(18-16-27)20-7-9-21(29-2)10-8-20/h4,6-10,19H,3,5,11-18H2,1-2H3,(H2,24,25,26). The number of furan rings is 1. The lowest BCUT2D eigenvalue weighted by Gasteiger charge is -2.36. The summed E-state index contributed by atoms with van der Waals surface area (Å²) in [5.41, 5.74) is 1.27. The maximum Gasteiger partial charge on any atom is 0.191 e. The Morgan fingerprint density at radius 2 is 1.90 bits per heavy atom. The van der Waals surface area contributed by atoms with Crippen LogP contribution in [-0.4, -0.2) is 70.3 Å². The Morgan fingerprint density at radius 1 is 1.10 bits per heavy atom. The molecule has 30 heavy (non-hydrogen) atoms. The third-order valence-corrected chi connectivity index (χ3v) is 5.30. The number of aliphatic imine (C=N–C) groups is 1. The van der Waals surface area contributed by atoms with Gasteiger partial charge in [-0.1, -0.05) is 0 Å². The normalized spacial score (nSPS) is 15.3. The Bertz CT molecular complexity index is 737. The molecule has 2 N–H and O–H groups in total. The van der Waals surface area contributed by atoms with Crippen LogP contribution in [0.25, 0.3) is 0 Å². The summed E-state index contributed by atoms with van der Waals surface area (Å²) < 4.78 is 10.6. The molecule has 0 atom stereocenters. The average molecular weight is 414 g/mol. The molecule has 2 aromatic rings. The fourth-order valence-electron chi connectivity index (χ4n) is 3.61. The second kappa shape index (κ2) is 12.1. The molecule has 3 rings (SSSR count). The van der Waals surface area contributed by atoms with E-state index in [-0.39, 0.29) is 0 Å². The SMILES string of the molecule is CCNC(=NCCCN1CCN(c2ccc(OC)cc2)CC1)NCCc1ccco1. The van der Waals surface area contributed by atoms with Crippen molar-refractivity contribution in [1.82, 2.24) is 15.5 Å². The van der Waals surface area contributed by atoms with Crippen molar-refractivity contribution in [1.29, 1.82) is 0 Å². The van der Waals surface area contributed by atoms with Gasteiger partial charge in [0.25, 0.3) is 0 Å². The summed E-state index contributed by atoms with van der Waals surface area (Å²) in [5.74, 6) is 2.78. The molecule has 1 aliphatic rings. The first kappa shape index (κ1) is 22.0. The molecule has 1 aliphatic heterocycles. The van der Waals surface area contributed by atoms with E-state index in [2.05, 4.69) is 39.5 Å². The maximum absolute atomic E-state index is 5.37. The van der Waals surface area contributed by atoms with Crippen molar-refractivity contribution in [2.45, 2.75) is 19.8 Å². The highest BCUT2D eigenvalue weighted by molar-refractivity contribution is 5.79. The van der Waals surface area contributed by atoms with Crippen molar-refractivity contribution < 1.29 is 9.15 Å². The van der Waals surface area contributed by atoms with Gasteiger partial charge in [-0.05, 0) is 49.7 Å². The Hall–Kier alpha value is -2.67. The lowest BCUT2D eigenvalue weighted by molar-refractivity contribution is 0.256. The smallest absolute Gasteiger partial charge is 0.191 e. The Morgan fingerprint density at radius 3 is 2.57 bits per heavy atom. The number of guanidine groups is 1. The summed E-state index contributed by atoms with van der Waals surface area (Å²) in [7, 11) is 1.70. The van der Waals surface area contributed by atoms with Gasteiger partial charge in [0.1, 0.15) is 11.5 Å². The molecule has 7 nitrogen and oxygen atoms in total. The highest BCUT2D eigenvalue weighted by Crippen LogP contribution is 2.20. The van der Waals surface area contributed by atoms with E-state index in [1.165, 1.54) is 5.69 Å². The van der Waals surface area contributed by atoms with E-state index in [4.69, 9.17) is 14.1 Å². The zero-order chi connectivity index (χ0) is 21.0. The first-order valence-electron chi connectivity index (χ1n) is 10.9. The van der Waals surface area contributed by atoms with Crippen LogP contribution in [0.1, 0.15) is 19.1 Å². The van der Waals surface area contributed by atoms with Gasteiger partial charge >= 0.3 is 0 Å². The molecule has 0 amide bonds. The average Bonchev–Trinajstić information content (AvgIpc) is 3.31. The number of rotatable bonds is 10. The number of ether oxygens (including phenoxy) is 1. The third kappa shape index (κ3) is 6.99. The van der Waals surface area contributed by atoms with Gasteiger partial charge in [0.05, 0.1) is 13.4 Å². The maximum atomic E-state index is 5.37. The van der Waals surface area contributed by atoms with Gasteiger partial charge in [0.15, 0.2) is 5.96 Å². The lowest BCUT2D eigenvalue weighted by Crippen LogP contribution is -2.46. The van der Waals surface area contributed by atoms with Crippen molar-refractivity contribution in [2.24, 2.45) is 4.99 Å². The van der Waals surface area contributed by atoms with Gasteiger partial charge in [-0.3, -0.25) is 9.89 Å². The second-order valence-corrected chi connectivity index (χ2v) is 7.40. The lowest BCUT2D eigenvalue weighted by atomic mass is 10.2. The quantitative estimate of drug-likeness (QED) is 0.355. The molecular formula is C23H35N5O2. The first-order chi connectivity index (χ1) is 14.8. The molecule has 1 aromatic carbocycles. The van der Waals surface area contributed by atoms with E-state index in [1.54, 1.807) is 13.4 Å². The van der Waals surface area contributed by atoms with Gasteiger partial charge < -0.3 is 24.7 Å². The van der Waals surface area contributed by atoms with Crippen LogP contribution in [-0.2, 0) is 6.42 Å². The molecular weight excluding hydrogens is 378 g/mol. The van der Waals surface area contributed by atoms with E-state index >= 15 is 0 Å². The van der Waals surface area contributed by atoms with Crippen molar-refractivity contribution >= 4 is 11.6 Å². The van der Waals surface area contributed by atoms with Gasteiger partial charge in [0.2, 0.25) is 0 Å². The minimum Gasteiger partial charge on any atom is -0.497 e. The van der Waals surface area contributed by atoms with Gasteiger partial charge in [-0.25, -0.2) is 0 Å². The largest absolute Gasteiger partial charge is 0.497 e. The van der Waals surface area contributed by atoms with Crippen molar-refractivity contribution in [3.63, 3.8) is 0 Å². The third-order valence-electron chi connectivity index (χ3n) is 5.30. The molecule has 0 bridgehead atoms. The van der Waals surface area contributed by atoms with Crippen molar-refractivity contribution in [2.75, 3.05) is 64.4 Å². The minimum atomic E-state index is 0.812. The van der Waals surface area contributed by atoms with Gasteiger partial charge in [0, 0.05) is 64.5 Å².